The van der Waals surface area contributed by atoms with Crippen molar-refractivity contribution in [2.45, 2.75) is 32.7 Å². The molecule has 1 rings (SSSR count). The van der Waals surface area contributed by atoms with Gasteiger partial charge in [-0.2, -0.15) is 0 Å². The minimum atomic E-state index is 0.400. The first kappa shape index (κ1) is 11.1. The lowest BCUT2D eigenvalue weighted by Gasteiger charge is -2.16. The first-order chi connectivity index (χ1) is 6.79. The van der Waals surface area contributed by atoms with Gasteiger partial charge in [-0.3, -0.25) is 0 Å². The van der Waals surface area contributed by atoms with Crippen LogP contribution in [0.2, 0.25) is 0 Å². The lowest BCUT2D eigenvalue weighted by atomic mass is 10.0. The van der Waals surface area contributed by atoms with E-state index in [-0.39, 0.29) is 0 Å². The van der Waals surface area contributed by atoms with Crippen LogP contribution >= 0.6 is 0 Å². The maximum atomic E-state index is 5.31. The van der Waals surface area contributed by atoms with Crippen LogP contribution in [0.15, 0.2) is 29.4 Å². The Morgan fingerprint density at radius 2 is 2.43 bits per heavy atom. The van der Waals surface area contributed by atoms with Gasteiger partial charge in [0.15, 0.2) is 0 Å². The van der Waals surface area contributed by atoms with Gasteiger partial charge in [0.2, 0.25) is 0 Å². The third kappa shape index (κ3) is 2.74. The topological polar surface area (TPSA) is 25.2 Å². The first-order valence-electron chi connectivity index (χ1n) is 5.17. The number of allylic oxidation sites excluding steroid dienone is 1. The standard InChI is InChI=1S/C12H19NO/c1-4-6-7-12(13-5-2)11-8-9-14-10(11)3/h4,8-9,12-13H,1,5-7H2,2-3H3. The Labute approximate surface area is 86.0 Å². The molecule has 0 aliphatic rings. The highest BCUT2D eigenvalue weighted by molar-refractivity contribution is 5.20. The second kappa shape index (κ2) is 5.66. The van der Waals surface area contributed by atoms with Crippen LogP contribution in [0.25, 0.3) is 0 Å². The average Bonchev–Trinajstić information content (AvgIpc) is 2.59. The van der Waals surface area contributed by atoms with Crippen LogP contribution in [-0.2, 0) is 0 Å². The molecule has 0 bridgehead atoms. The van der Waals surface area contributed by atoms with Crippen LogP contribution in [-0.4, -0.2) is 6.54 Å². The summed E-state index contributed by atoms with van der Waals surface area (Å²) >= 11 is 0. The van der Waals surface area contributed by atoms with E-state index in [4.69, 9.17) is 4.42 Å². The predicted octanol–water partition coefficient (Wildman–Crippen LogP) is 3.20. The Hall–Kier alpha value is -1.02. The van der Waals surface area contributed by atoms with Gasteiger partial charge in [0, 0.05) is 11.6 Å². The van der Waals surface area contributed by atoms with Gasteiger partial charge in [-0.15, -0.1) is 6.58 Å². The molecule has 0 spiro atoms. The zero-order valence-electron chi connectivity index (χ0n) is 9.05. The van der Waals surface area contributed by atoms with Gasteiger partial charge < -0.3 is 9.73 Å². The molecule has 1 heterocycles. The highest BCUT2D eigenvalue weighted by Crippen LogP contribution is 2.22. The predicted molar refractivity (Wildman–Crippen MR) is 59.3 cm³/mol. The molecule has 0 aliphatic carbocycles. The van der Waals surface area contributed by atoms with Crippen molar-refractivity contribution in [1.29, 1.82) is 0 Å². The fourth-order valence-electron chi connectivity index (χ4n) is 1.65. The van der Waals surface area contributed by atoms with Crippen molar-refractivity contribution in [3.05, 3.63) is 36.3 Å². The van der Waals surface area contributed by atoms with Gasteiger partial charge >= 0.3 is 0 Å². The normalized spacial score (nSPS) is 12.7. The van der Waals surface area contributed by atoms with Gasteiger partial charge in [-0.25, -0.2) is 0 Å². The van der Waals surface area contributed by atoms with E-state index >= 15 is 0 Å². The van der Waals surface area contributed by atoms with Crippen molar-refractivity contribution in [3.63, 3.8) is 0 Å². The van der Waals surface area contributed by atoms with E-state index in [1.807, 2.05) is 19.1 Å². The number of aryl methyl sites for hydroxylation is 1. The summed E-state index contributed by atoms with van der Waals surface area (Å²) in [5, 5.41) is 3.45. The van der Waals surface area contributed by atoms with Crippen molar-refractivity contribution < 1.29 is 4.42 Å². The van der Waals surface area contributed by atoms with E-state index in [0.717, 1.165) is 25.1 Å². The fraction of sp³-hybridized carbons (Fsp3) is 0.500. The molecule has 0 saturated carbocycles. The van der Waals surface area contributed by atoms with E-state index in [9.17, 15) is 0 Å². The van der Waals surface area contributed by atoms with Crippen molar-refractivity contribution in [2.24, 2.45) is 0 Å². The molecule has 1 N–H and O–H groups in total. The van der Waals surface area contributed by atoms with Gasteiger partial charge in [0.1, 0.15) is 5.76 Å². The third-order valence-electron chi connectivity index (χ3n) is 2.38. The number of furan rings is 1. The summed E-state index contributed by atoms with van der Waals surface area (Å²) in [6.07, 6.45) is 5.82. The van der Waals surface area contributed by atoms with Gasteiger partial charge in [0.05, 0.1) is 6.26 Å². The molecule has 0 amide bonds. The van der Waals surface area contributed by atoms with Gasteiger partial charge in [0.25, 0.3) is 0 Å². The van der Waals surface area contributed by atoms with E-state index < -0.39 is 0 Å². The molecular formula is C12H19NO. The SMILES string of the molecule is C=CCCC(NCC)c1ccoc1C. The number of rotatable bonds is 6. The Balaban J connectivity index is 2.66. The lowest BCUT2D eigenvalue weighted by Crippen LogP contribution is -2.20. The van der Waals surface area contributed by atoms with Crippen molar-refractivity contribution in [3.8, 4) is 0 Å². The molecule has 2 nitrogen and oxygen atoms in total. The van der Waals surface area contributed by atoms with E-state index in [0.29, 0.717) is 6.04 Å². The van der Waals surface area contributed by atoms with Crippen molar-refractivity contribution in [2.75, 3.05) is 6.54 Å². The smallest absolute Gasteiger partial charge is 0.105 e. The third-order valence-corrected chi connectivity index (χ3v) is 2.38. The second-order valence-electron chi connectivity index (χ2n) is 3.41. The zero-order chi connectivity index (χ0) is 10.4. The molecule has 0 saturated heterocycles. The molecule has 14 heavy (non-hydrogen) atoms. The summed E-state index contributed by atoms with van der Waals surface area (Å²) in [4.78, 5) is 0. The van der Waals surface area contributed by atoms with Gasteiger partial charge in [-0.1, -0.05) is 13.0 Å². The Kier molecular flexibility index (Phi) is 4.47. The van der Waals surface area contributed by atoms with Gasteiger partial charge in [-0.05, 0) is 32.4 Å². The molecule has 0 fully saturated rings. The second-order valence-corrected chi connectivity index (χ2v) is 3.41. The summed E-state index contributed by atoms with van der Waals surface area (Å²) < 4.78 is 5.31. The Morgan fingerprint density at radius 3 is 2.93 bits per heavy atom. The largest absolute Gasteiger partial charge is 0.469 e. The summed E-state index contributed by atoms with van der Waals surface area (Å²) in [5.41, 5.74) is 1.27. The molecule has 1 aromatic rings. The summed E-state index contributed by atoms with van der Waals surface area (Å²) in [5.74, 6) is 1.01. The maximum absolute atomic E-state index is 5.31. The van der Waals surface area contributed by atoms with Crippen LogP contribution in [0.1, 0.15) is 37.1 Å². The summed E-state index contributed by atoms with van der Waals surface area (Å²) in [6.45, 7) is 8.85. The molecule has 1 atom stereocenters. The highest BCUT2D eigenvalue weighted by Gasteiger charge is 2.13. The summed E-state index contributed by atoms with van der Waals surface area (Å²) in [6, 6.07) is 2.45. The van der Waals surface area contributed by atoms with Crippen LogP contribution in [0, 0.1) is 6.92 Å². The molecule has 1 unspecified atom stereocenters. The van der Waals surface area contributed by atoms with E-state index in [2.05, 4.69) is 18.8 Å². The maximum Gasteiger partial charge on any atom is 0.105 e. The van der Waals surface area contributed by atoms with Crippen molar-refractivity contribution in [1.82, 2.24) is 5.32 Å². The quantitative estimate of drug-likeness (QED) is 0.702. The summed E-state index contributed by atoms with van der Waals surface area (Å²) in [7, 11) is 0. The zero-order valence-corrected chi connectivity index (χ0v) is 9.05. The monoisotopic (exact) mass is 193 g/mol. The number of nitrogens with one attached hydrogen (secondary N) is 1. The van der Waals surface area contributed by atoms with E-state index in [1.165, 1.54) is 5.56 Å². The molecule has 78 valence electrons. The fourth-order valence-corrected chi connectivity index (χ4v) is 1.65. The van der Waals surface area contributed by atoms with Crippen LogP contribution < -0.4 is 5.32 Å². The highest BCUT2D eigenvalue weighted by atomic mass is 16.3. The Bertz CT molecular complexity index is 278. The van der Waals surface area contributed by atoms with Crippen LogP contribution in [0.3, 0.4) is 0 Å². The number of hydrogen-bond acceptors (Lipinski definition) is 2. The first-order valence-corrected chi connectivity index (χ1v) is 5.17. The molecule has 2 heteroatoms. The molecular weight excluding hydrogens is 174 g/mol. The van der Waals surface area contributed by atoms with Crippen LogP contribution in [0.5, 0.6) is 0 Å². The Morgan fingerprint density at radius 1 is 1.64 bits per heavy atom. The lowest BCUT2D eigenvalue weighted by molar-refractivity contribution is 0.488. The molecule has 1 aromatic heterocycles. The van der Waals surface area contributed by atoms with Crippen molar-refractivity contribution >= 4 is 0 Å². The van der Waals surface area contributed by atoms with Crippen LogP contribution in [0.4, 0.5) is 0 Å². The van der Waals surface area contributed by atoms with E-state index in [1.54, 1.807) is 6.26 Å². The molecule has 0 radical (unpaired) electrons. The minimum Gasteiger partial charge on any atom is -0.469 e. The minimum absolute atomic E-state index is 0.400. The number of hydrogen-bond donors (Lipinski definition) is 1. The molecule has 0 aromatic carbocycles. The average molecular weight is 193 g/mol. The molecule has 0 aliphatic heterocycles.